The maximum Gasteiger partial charge on any atom is 0.314 e. The van der Waals surface area contributed by atoms with Crippen molar-refractivity contribution in [3.05, 3.63) is 29.8 Å². The first-order chi connectivity index (χ1) is 10.7. The van der Waals surface area contributed by atoms with Crippen molar-refractivity contribution in [1.82, 2.24) is 15.5 Å². The largest absolute Gasteiger partial charge is 0.497 e. The zero-order chi connectivity index (χ0) is 15.8. The number of benzene rings is 1. The zero-order valence-corrected chi connectivity index (χ0v) is 13.6. The van der Waals surface area contributed by atoms with Crippen molar-refractivity contribution >= 4 is 6.03 Å². The third-order valence-corrected chi connectivity index (χ3v) is 4.16. The van der Waals surface area contributed by atoms with E-state index in [1.165, 1.54) is 5.56 Å². The van der Waals surface area contributed by atoms with Gasteiger partial charge in [-0.25, -0.2) is 4.79 Å². The number of piperidine rings is 1. The fourth-order valence-corrected chi connectivity index (χ4v) is 2.80. The van der Waals surface area contributed by atoms with E-state index in [2.05, 4.69) is 27.7 Å². The summed E-state index contributed by atoms with van der Waals surface area (Å²) in [5.74, 6) is 1.49. The van der Waals surface area contributed by atoms with Gasteiger partial charge in [0, 0.05) is 19.6 Å². The van der Waals surface area contributed by atoms with Crippen LogP contribution >= 0.6 is 0 Å². The lowest BCUT2D eigenvalue weighted by atomic mass is 9.96. The Morgan fingerprint density at radius 2 is 1.91 bits per heavy atom. The number of carbonyl (C=O) groups is 1. The number of methoxy groups -OCH3 is 1. The van der Waals surface area contributed by atoms with E-state index in [1.807, 2.05) is 19.1 Å². The summed E-state index contributed by atoms with van der Waals surface area (Å²) in [5.41, 5.74) is 1.32. The highest BCUT2D eigenvalue weighted by Crippen LogP contribution is 2.19. The average Bonchev–Trinajstić information content (AvgIpc) is 2.55. The standard InChI is InChI=1S/C17H27N3O2/c1-3-18-17(21)19-12-14-8-10-20(11-9-14)13-15-4-6-16(22-2)7-5-15/h4-7,14H,3,8-13H2,1-2H3,(H2,18,19,21). The summed E-state index contributed by atoms with van der Waals surface area (Å²) in [7, 11) is 1.69. The van der Waals surface area contributed by atoms with Crippen LogP contribution in [-0.4, -0.2) is 44.2 Å². The monoisotopic (exact) mass is 305 g/mol. The number of ether oxygens (including phenoxy) is 1. The van der Waals surface area contributed by atoms with Gasteiger partial charge in [0.15, 0.2) is 0 Å². The molecule has 2 rings (SSSR count). The Hall–Kier alpha value is -1.75. The fraction of sp³-hybridized carbons (Fsp3) is 0.588. The van der Waals surface area contributed by atoms with E-state index < -0.39 is 0 Å². The molecule has 22 heavy (non-hydrogen) atoms. The molecule has 0 radical (unpaired) electrons. The van der Waals surface area contributed by atoms with Gasteiger partial charge in [0.05, 0.1) is 7.11 Å². The Morgan fingerprint density at radius 3 is 2.50 bits per heavy atom. The number of rotatable bonds is 6. The Morgan fingerprint density at radius 1 is 1.23 bits per heavy atom. The van der Waals surface area contributed by atoms with Gasteiger partial charge in [0.1, 0.15) is 5.75 Å². The van der Waals surface area contributed by atoms with E-state index in [4.69, 9.17) is 4.74 Å². The molecule has 1 aliphatic rings. The number of nitrogens with zero attached hydrogens (tertiary/aromatic N) is 1. The molecule has 2 N–H and O–H groups in total. The van der Waals surface area contributed by atoms with Crippen molar-refractivity contribution in [2.75, 3.05) is 33.3 Å². The Labute approximate surface area is 133 Å². The number of carbonyl (C=O) groups excluding carboxylic acids is 1. The predicted octanol–water partition coefficient (Wildman–Crippen LogP) is 2.23. The van der Waals surface area contributed by atoms with Crippen LogP contribution < -0.4 is 15.4 Å². The lowest BCUT2D eigenvalue weighted by Crippen LogP contribution is -2.41. The molecule has 0 aromatic heterocycles. The number of amides is 2. The van der Waals surface area contributed by atoms with Crippen LogP contribution in [0.2, 0.25) is 0 Å². The Kier molecular flexibility index (Phi) is 6.52. The molecular weight excluding hydrogens is 278 g/mol. The highest BCUT2D eigenvalue weighted by Gasteiger charge is 2.19. The molecule has 1 aromatic carbocycles. The molecule has 1 aromatic rings. The number of hydrogen-bond donors (Lipinski definition) is 2. The van der Waals surface area contributed by atoms with Gasteiger partial charge < -0.3 is 15.4 Å². The van der Waals surface area contributed by atoms with Crippen LogP contribution in [0.5, 0.6) is 5.75 Å². The summed E-state index contributed by atoms with van der Waals surface area (Å²) in [6.45, 7) is 6.55. The van der Waals surface area contributed by atoms with Crippen LogP contribution in [0.3, 0.4) is 0 Å². The van der Waals surface area contributed by atoms with E-state index in [0.717, 1.165) is 44.8 Å². The molecule has 0 spiro atoms. The summed E-state index contributed by atoms with van der Waals surface area (Å²) in [5, 5.41) is 5.71. The van der Waals surface area contributed by atoms with E-state index in [9.17, 15) is 4.79 Å². The highest BCUT2D eigenvalue weighted by molar-refractivity contribution is 5.73. The number of hydrogen-bond acceptors (Lipinski definition) is 3. The maximum absolute atomic E-state index is 11.4. The Bertz CT molecular complexity index is 453. The Balaban J connectivity index is 1.69. The number of urea groups is 1. The van der Waals surface area contributed by atoms with Gasteiger partial charge in [0.2, 0.25) is 0 Å². The molecule has 1 saturated heterocycles. The molecule has 0 saturated carbocycles. The second kappa shape index (κ2) is 8.63. The summed E-state index contributed by atoms with van der Waals surface area (Å²) >= 11 is 0. The van der Waals surface area contributed by atoms with E-state index in [0.29, 0.717) is 12.5 Å². The van der Waals surface area contributed by atoms with Gasteiger partial charge in [0.25, 0.3) is 0 Å². The molecule has 0 atom stereocenters. The van der Waals surface area contributed by atoms with Gasteiger partial charge >= 0.3 is 6.03 Å². The van der Waals surface area contributed by atoms with Gasteiger partial charge in [-0.05, 0) is 56.5 Å². The molecule has 0 bridgehead atoms. The minimum Gasteiger partial charge on any atom is -0.497 e. The van der Waals surface area contributed by atoms with Crippen LogP contribution in [0.4, 0.5) is 4.79 Å². The smallest absolute Gasteiger partial charge is 0.314 e. The number of nitrogens with one attached hydrogen (secondary N) is 2. The van der Waals surface area contributed by atoms with Crippen LogP contribution in [0, 0.1) is 5.92 Å². The van der Waals surface area contributed by atoms with Crippen LogP contribution in [0.25, 0.3) is 0 Å². The first-order valence-corrected chi connectivity index (χ1v) is 8.08. The molecule has 0 unspecified atom stereocenters. The molecule has 5 heteroatoms. The summed E-state index contributed by atoms with van der Waals surface area (Å²) in [6.07, 6.45) is 2.28. The topological polar surface area (TPSA) is 53.6 Å². The van der Waals surface area contributed by atoms with Crippen molar-refractivity contribution in [2.45, 2.75) is 26.3 Å². The van der Waals surface area contributed by atoms with Crippen molar-refractivity contribution in [3.63, 3.8) is 0 Å². The predicted molar refractivity (Wildman–Crippen MR) is 88.1 cm³/mol. The number of likely N-dealkylation sites (tertiary alicyclic amines) is 1. The second-order valence-corrected chi connectivity index (χ2v) is 5.81. The molecule has 1 fully saturated rings. The minimum absolute atomic E-state index is 0.0526. The lowest BCUT2D eigenvalue weighted by Gasteiger charge is -2.32. The third kappa shape index (κ3) is 5.22. The first-order valence-electron chi connectivity index (χ1n) is 8.08. The van der Waals surface area contributed by atoms with Crippen molar-refractivity contribution in [3.8, 4) is 5.75 Å². The van der Waals surface area contributed by atoms with Crippen molar-refractivity contribution in [2.24, 2.45) is 5.92 Å². The van der Waals surface area contributed by atoms with Crippen LogP contribution in [0.1, 0.15) is 25.3 Å². The average molecular weight is 305 g/mol. The van der Waals surface area contributed by atoms with Gasteiger partial charge in [-0.1, -0.05) is 12.1 Å². The van der Waals surface area contributed by atoms with Crippen molar-refractivity contribution < 1.29 is 9.53 Å². The molecule has 1 heterocycles. The molecule has 1 aliphatic heterocycles. The quantitative estimate of drug-likeness (QED) is 0.847. The molecule has 2 amide bonds. The van der Waals surface area contributed by atoms with Crippen molar-refractivity contribution in [1.29, 1.82) is 0 Å². The van der Waals surface area contributed by atoms with Crippen LogP contribution in [0.15, 0.2) is 24.3 Å². The molecular formula is C17H27N3O2. The van der Waals surface area contributed by atoms with E-state index in [-0.39, 0.29) is 6.03 Å². The molecule has 122 valence electrons. The second-order valence-electron chi connectivity index (χ2n) is 5.81. The van der Waals surface area contributed by atoms with Gasteiger partial charge in [-0.2, -0.15) is 0 Å². The summed E-state index contributed by atoms with van der Waals surface area (Å²) in [6, 6.07) is 8.22. The normalized spacial score (nSPS) is 16.3. The maximum atomic E-state index is 11.4. The fourth-order valence-electron chi connectivity index (χ4n) is 2.80. The van der Waals surface area contributed by atoms with Crippen LogP contribution in [-0.2, 0) is 6.54 Å². The first kappa shape index (κ1) is 16.6. The van der Waals surface area contributed by atoms with Gasteiger partial charge in [-0.3, -0.25) is 4.90 Å². The minimum atomic E-state index is -0.0526. The molecule has 0 aliphatic carbocycles. The zero-order valence-electron chi connectivity index (χ0n) is 13.6. The third-order valence-electron chi connectivity index (χ3n) is 4.16. The SMILES string of the molecule is CCNC(=O)NCC1CCN(Cc2ccc(OC)cc2)CC1. The van der Waals surface area contributed by atoms with E-state index in [1.54, 1.807) is 7.11 Å². The summed E-state index contributed by atoms with van der Waals surface area (Å²) < 4.78 is 5.18. The highest BCUT2D eigenvalue weighted by atomic mass is 16.5. The molecule has 5 nitrogen and oxygen atoms in total. The lowest BCUT2D eigenvalue weighted by molar-refractivity contribution is 0.175. The van der Waals surface area contributed by atoms with Gasteiger partial charge in [-0.15, -0.1) is 0 Å². The van der Waals surface area contributed by atoms with E-state index >= 15 is 0 Å². The summed E-state index contributed by atoms with van der Waals surface area (Å²) in [4.78, 5) is 13.9.